The van der Waals surface area contributed by atoms with Crippen molar-refractivity contribution in [1.29, 1.82) is 0 Å². The van der Waals surface area contributed by atoms with Gasteiger partial charge in [0.2, 0.25) is 11.8 Å². The average Bonchev–Trinajstić information content (AvgIpc) is 2.71. The Morgan fingerprint density at radius 2 is 1.68 bits per heavy atom. The molecular weight excluding hydrogens is 412 g/mol. The molecule has 2 atom stereocenters. The maximum absolute atomic E-state index is 13.7. The second-order valence-corrected chi connectivity index (χ2v) is 10.7. The van der Waals surface area contributed by atoms with Crippen LogP contribution in [0.2, 0.25) is 0 Å². The molecule has 1 aliphatic heterocycles. The predicted molar refractivity (Wildman–Crippen MR) is 118 cm³/mol. The summed E-state index contributed by atoms with van der Waals surface area (Å²) in [6.45, 7) is 0. The summed E-state index contributed by atoms with van der Waals surface area (Å²) in [5, 5.41) is 13.1. The molecule has 6 nitrogen and oxygen atoms in total. The summed E-state index contributed by atoms with van der Waals surface area (Å²) in [4.78, 5) is 41.2. The molecule has 2 N–H and O–H groups in total. The van der Waals surface area contributed by atoms with Gasteiger partial charge in [0.05, 0.1) is 5.92 Å². The maximum atomic E-state index is 13.7. The number of hydrogen-bond acceptors (Lipinski definition) is 4. The fraction of sp³-hybridized carbons (Fsp3) is 0.583. The molecule has 0 aromatic heterocycles. The van der Waals surface area contributed by atoms with E-state index < -0.39 is 29.1 Å². The van der Waals surface area contributed by atoms with Crippen LogP contribution in [-0.2, 0) is 19.8 Å². The van der Waals surface area contributed by atoms with Gasteiger partial charge >= 0.3 is 5.97 Å². The van der Waals surface area contributed by atoms with Crippen LogP contribution in [0.3, 0.4) is 0 Å². The lowest BCUT2D eigenvalue weighted by molar-refractivity contribution is -0.161. The van der Waals surface area contributed by atoms with Gasteiger partial charge in [0.15, 0.2) is 10.5 Å². The Morgan fingerprint density at radius 1 is 1.13 bits per heavy atom. The minimum absolute atomic E-state index is 0.0144. The molecule has 1 aromatic carbocycles. The lowest BCUT2D eigenvalue weighted by Crippen LogP contribution is -2.69. The van der Waals surface area contributed by atoms with E-state index in [1.165, 1.54) is 31.2 Å². The van der Waals surface area contributed by atoms with E-state index in [2.05, 4.69) is 5.32 Å². The zero-order valence-electron chi connectivity index (χ0n) is 17.7. The van der Waals surface area contributed by atoms with Crippen LogP contribution in [-0.4, -0.2) is 40.0 Å². The van der Waals surface area contributed by atoms with Gasteiger partial charge in [0, 0.05) is 7.05 Å². The number of rotatable bonds is 5. The first kappa shape index (κ1) is 20.6. The van der Waals surface area contributed by atoms with Crippen LogP contribution in [0, 0.1) is 29.1 Å². The predicted octanol–water partition coefficient (Wildman–Crippen LogP) is 3.10. The minimum Gasteiger partial charge on any atom is -0.481 e. The second-order valence-electron chi connectivity index (χ2n) is 10.3. The van der Waals surface area contributed by atoms with E-state index in [4.69, 9.17) is 12.2 Å². The number of carboxylic acid groups (broad SMARTS) is 1. The zero-order chi connectivity index (χ0) is 22.0. The smallest absolute Gasteiger partial charge is 0.308 e. The second kappa shape index (κ2) is 7.12. The summed E-state index contributed by atoms with van der Waals surface area (Å²) in [7, 11) is 1.51. The van der Waals surface area contributed by atoms with E-state index in [1.54, 1.807) is 30.3 Å². The molecule has 0 radical (unpaired) electrons. The number of carbonyl (C=O) groups is 3. The summed E-state index contributed by atoms with van der Waals surface area (Å²) in [5.74, 6) is -1.46. The van der Waals surface area contributed by atoms with Gasteiger partial charge in [-0.05, 0) is 85.9 Å². The van der Waals surface area contributed by atoms with E-state index in [0.717, 1.165) is 19.3 Å². The molecule has 7 heteroatoms. The van der Waals surface area contributed by atoms with Crippen molar-refractivity contribution < 1.29 is 19.5 Å². The lowest BCUT2D eigenvalue weighted by atomic mass is 9.47. The number of nitrogens with one attached hydrogen (secondary N) is 1. The third-order valence-electron chi connectivity index (χ3n) is 8.38. The summed E-state index contributed by atoms with van der Waals surface area (Å²) in [6.07, 6.45) is 7.12. The van der Waals surface area contributed by atoms with Crippen LogP contribution in [0.4, 0.5) is 0 Å². The Hall–Kier alpha value is -2.28. The van der Waals surface area contributed by atoms with Crippen molar-refractivity contribution in [3.8, 4) is 0 Å². The first-order chi connectivity index (χ1) is 14.7. The number of amides is 2. The molecule has 1 heterocycles. The normalized spacial score (nSPS) is 37.6. The van der Waals surface area contributed by atoms with Gasteiger partial charge in [-0.1, -0.05) is 30.3 Å². The van der Waals surface area contributed by atoms with Gasteiger partial charge in [-0.25, -0.2) is 0 Å². The first-order valence-electron chi connectivity index (χ1n) is 11.2. The summed E-state index contributed by atoms with van der Waals surface area (Å²) < 4.78 is 0. The van der Waals surface area contributed by atoms with Gasteiger partial charge in [0.1, 0.15) is 0 Å². The van der Waals surface area contributed by atoms with E-state index in [1.807, 2.05) is 0 Å². The molecule has 5 fully saturated rings. The van der Waals surface area contributed by atoms with Gasteiger partial charge in [-0.15, -0.1) is 0 Å². The van der Waals surface area contributed by atoms with Crippen LogP contribution in [0.25, 0.3) is 0 Å². The van der Waals surface area contributed by atoms with Crippen molar-refractivity contribution in [2.75, 3.05) is 7.05 Å². The van der Waals surface area contributed by atoms with Gasteiger partial charge in [-0.2, -0.15) is 0 Å². The lowest BCUT2D eigenvalue weighted by Gasteiger charge is -2.58. The van der Waals surface area contributed by atoms with E-state index in [9.17, 15) is 19.5 Å². The number of thiocarbonyl (C=S) groups is 1. The van der Waals surface area contributed by atoms with Crippen LogP contribution in [0.5, 0.6) is 0 Å². The number of carbonyl (C=O) groups excluding carboxylic acids is 2. The molecule has 6 rings (SSSR count). The highest BCUT2D eigenvalue weighted by atomic mass is 32.1. The van der Waals surface area contributed by atoms with Gasteiger partial charge in [-0.3, -0.25) is 19.3 Å². The van der Waals surface area contributed by atoms with Crippen molar-refractivity contribution in [2.45, 2.75) is 50.4 Å². The van der Waals surface area contributed by atoms with Crippen LogP contribution in [0.1, 0.15) is 50.5 Å². The monoisotopic (exact) mass is 440 g/mol. The highest BCUT2D eigenvalue weighted by Crippen LogP contribution is 2.63. The van der Waals surface area contributed by atoms with E-state index in [0.29, 0.717) is 29.7 Å². The molecule has 31 heavy (non-hydrogen) atoms. The molecule has 2 unspecified atom stereocenters. The number of nitrogens with zero attached hydrogens (tertiary/aromatic N) is 1. The third-order valence-corrected chi connectivity index (χ3v) is 8.75. The Balaban J connectivity index is 1.62. The Kier molecular flexibility index (Phi) is 4.73. The maximum Gasteiger partial charge on any atom is 0.308 e. The number of carboxylic acids is 1. The van der Waals surface area contributed by atoms with Crippen molar-refractivity contribution >= 4 is 35.1 Å². The van der Waals surface area contributed by atoms with Crippen molar-refractivity contribution in [3.05, 3.63) is 35.9 Å². The first-order valence-corrected chi connectivity index (χ1v) is 11.6. The fourth-order valence-corrected chi connectivity index (χ4v) is 7.77. The molecule has 0 spiro atoms. The Morgan fingerprint density at radius 3 is 2.19 bits per heavy atom. The molecule has 1 saturated heterocycles. The highest BCUT2D eigenvalue weighted by Gasteiger charge is 2.63. The molecule has 4 bridgehead atoms. The van der Waals surface area contributed by atoms with Crippen molar-refractivity contribution in [3.63, 3.8) is 0 Å². The fourth-order valence-electron chi connectivity index (χ4n) is 7.60. The summed E-state index contributed by atoms with van der Waals surface area (Å²) in [6, 6.07) is 8.67. The third kappa shape index (κ3) is 3.04. The van der Waals surface area contributed by atoms with E-state index in [-0.39, 0.29) is 10.5 Å². The van der Waals surface area contributed by atoms with E-state index >= 15 is 0 Å². The SMILES string of the molecule is CN1C(=O)C(c2ccccc2)(C(CC23CC4CC(CC(C4)C2)C3)C(=O)O)C(=O)NC1=S. The molecule has 5 aliphatic rings. The van der Waals surface area contributed by atoms with Gasteiger partial charge < -0.3 is 10.4 Å². The topological polar surface area (TPSA) is 86.7 Å². The molecule has 2 amide bonds. The number of aliphatic carboxylic acids is 1. The van der Waals surface area contributed by atoms with Crippen molar-refractivity contribution in [1.82, 2.24) is 10.2 Å². The van der Waals surface area contributed by atoms with Gasteiger partial charge in [0.25, 0.3) is 0 Å². The average molecular weight is 441 g/mol. The highest BCUT2D eigenvalue weighted by molar-refractivity contribution is 7.80. The number of hydrogen-bond donors (Lipinski definition) is 2. The van der Waals surface area contributed by atoms with Crippen LogP contribution >= 0.6 is 12.2 Å². The summed E-state index contributed by atoms with van der Waals surface area (Å²) in [5.41, 5.74) is -1.51. The molecule has 4 aliphatic carbocycles. The Bertz CT molecular complexity index is 926. The molecular formula is C24H28N2O4S. The van der Waals surface area contributed by atoms with Crippen molar-refractivity contribution in [2.24, 2.45) is 29.1 Å². The van der Waals surface area contributed by atoms with Crippen LogP contribution in [0.15, 0.2) is 30.3 Å². The minimum atomic E-state index is -1.83. The number of likely N-dealkylation sites (N-methyl/N-ethyl adjacent to an activating group) is 1. The van der Waals surface area contributed by atoms with Crippen LogP contribution < -0.4 is 5.32 Å². The number of benzene rings is 1. The Labute approximate surface area is 187 Å². The molecule has 4 saturated carbocycles. The summed E-state index contributed by atoms with van der Waals surface area (Å²) >= 11 is 5.16. The largest absolute Gasteiger partial charge is 0.481 e. The standard InChI is InChI=1S/C24H28N2O4S/c1-26-21(30)24(20(29)25-22(26)31,17-5-3-2-4-6-17)18(19(27)28)13-23-10-14-7-15(11-23)9-16(8-14)12-23/h2-6,14-16,18H,7-13H2,1H3,(H,27,28)(H,25,29,31). The molecule has 164 valence electrons. The quantitative estimate of drug-likeness (QED) is 0.543. The molecule has 1 aromatic rings. The zero-order valence-corrected chi connectivity index (χ0v) is 18.5.